The lowest BCUT2D eigenvalue weighted by Crippen LogP contribution is -2.00. The average Bonchev–Trinajstić information content (AvgIpc) is 2.38. The van der Waals surface area contributed by atoms with Crippen molar-refractivity contribution in [3.05, 3.63) is 58.1 Å². The van der Waals surface area contributed by atoms with Gasteiger partial charge in [-0.2, -0.15) is 0 Å². The summed E-state index contributed by atoms with van der Waals surface area (Å²) in [6, 6.07) is 14.3. The maximum atomic E-state index is 5.14. The molecule has 2 nitrogen and oxygen atoms in total. The van der Waals surface area contributed by atoms with E-state index in [1.807, 2.05) is 18.2 Å². The lowest BCUT2D eigenvalue weighted by molar-refractivity contribution is 0.414. The molecule has 0 spiro atoms. The Morgan fingerprint density at radius 1 is 1.11 bits per heavy atom. The molecule has 94 valence electrons. The second-order valence-corrected chi connectivity index (χ2v) is 5.08. The molecule has 18 heavy (non-hydrogen) atoms. The van der Waals surface area contributed by atoms with Gasteiger partial charge < -0.3 is 10.1 Å². The van der Waals surface area contributed by atoms with Gasteiger partial charge in [-0.1, -0.05) is 28.1 Å². The van der Waals surface area contributed by atoms with E-state index in [1.54, 1.807) is 7.11 Å². The molecule has 0 aliphatic carbocycles. The minimum atomic E-state index is 0.812. The Kier molecular flexibility index (Phi) is 4.26. The van der Waals surface area contributed by atoms with Crippen molar-refractivity contribution >= 4 is 21.6 Å². The van der Waals surface area contributed by atoms with Gasteiger partial charge in [0.05, 0.1) is 7.11 Å². The van der Waals surface area contributed by atoms with E-state index in [0.29, 0.717) is 0 Å². The van der Waals surface area contributed by atoms with Crippen LogP contribution in [0, 0.1) is 6.92 Å². The number of hydrogen-bond acceptors (Lipinski definition) is 2. The Morgan fingerprint density at radius 3 is 2.44 bits per heavy atom. The Balaban J connectivity index is 2.02. The summed E-state index contributed by atoms with van der Waals surface area (Å²) in [5.74, 6) is 0.888. The average molecular weight is 306 g/mol. The normalized spacial score (nSPS) is 10.2. The Morgan fingerprint density at radius 2 is 1.83 bits per heavy atom. The second-order valence-electron chi connectivity index (χ2n) is 4.16. The summed E-state index contributed by atoms with van der Waals surface area (Å²) < 4.78 is 6.25. The van der Waals surface area contributed by atoms with Gasteiger partial charge in [0.15, 0.2) is 0 Å². The molecule has 2 rings (SSSR count). The van der Waals surface area contributed by atoms with Crippen LogP contribution in [0.3, 0.4) is 0 Å². The first kappa shape index (κ1) is 13.0. The summed E-state index contributed by atoms with van der Waals surface area (Å²) in [5, 5.41) is 3.43. The summed E-state index contributed by atoms with van der Waals surface area (Å²) in [6.07, 6.45) is 0. The van der Waals surface area contributed by atoms with Crippen LogP contribution in [-0.4, -0.2) is 7.11 Å². The monoisotopic (exact) mass is 305 g/mol. The lowest BCUT2D eigenvalue weighted by atomic mass is 10.1. The number of benzene rings is 2. The van der Waals surface area contributed by atoms with Crippen LogP contribution >= 0.6 is 15.9 Å². The minimum Gasteiger partial charge on any atom is -0.497 e. The summed E-state index contributed by atoms with van der Waals surface area (Å²) in [4.78, 5) is 0. The van der Waals surface area contributed by atoms with Crippen molar-refractivity contribution in [1.82, 2.24) is 0 Å². The number of anilines is 1. The third kappa shape index (κ3) is 3.26. The molecule has 0 atom stereocenters. The molecule has 0 aliphatic rings. The van der Waals surface area contributed by atoms with Gasteiger partial charge in [0, 0.05) is 16.7 Å². The van der Waals surface area contributed by atoms with Crippen molar-refractivity contribution in [3.8, 4) is 5.75 Å². The highest BCUT2D eigenvalue weighted by molar-refractivity contribution is 9.10. The van der Waals surface area contributed by atoms with Crippen LogP contribution in [0.2, 0.25) is 0 Å². The molecule has 2 aromatic carbocycles. The topological polar surface area (TPSA) is 21.3 Å². The van der Waals surface area contributed by atoms with Gasteiger partial charge in [0.1, 0.15) is 5.75 Å². The van der Waals surface area contributed by atoms with Crippen LogP contribution < -0.4 is 10.1 Å². The van der Waals surface area contributed by atoms with Crippen molar-refractivity contribution in [2.45, 2.75) is 13.5 Å². The Bertz CT molecular complexity index is 523. The smallest absolute Gasteiger partial charge is 0.118 e. The Hall–Kier alpha value is -1.48. The van der Waals surface area contributed by atoms with Crippen LogP contribution in [0.1, 0.15) is 11.1 Å². The van der Waals surface area contributed by atoms with E-state index in [-0.39, 0.29) is 0 Å². The van der Waals surface area contributed by atoms with E-state index in [1.165, 1.54) is 11.1 Å². The van der Waals surface area contributed by atoms with Gasteiger partial charge in [-0.3, -0.25) is 0 Å². The fourth-order valence-corrected chi connectivity index (χ4v) is 2.24. The molecule has 0 saturated heterocycles. The molecular formula is C15H16BrNO. The molecule has 3 heteroatoms. The van der Waals surface area contributed by atoms with Crippen LogP contribution in [0.4, 0.5) is 5.69 Å². The lowest BCUT2D eigenvalue weighted by Gasteiger charge is -2.10. The number of nitrogens with one attached hydrogen (secondary N) is 1. The van der Waals surface area contributed by atoms with Gasteiger partial charge in [0.2, 0.25) is 0 Å². The summed E-state index contributed by atoms with van der Waals surface area (Å²) >= 11 is 3.47. The second kappa shape index (κ2) is 5.91. The number of ether oxygens (including phenoxy) is 1. The zero-order valence-corrected chi connectivity index (χ0v) is 12.1. The zero-order chi connectivity index (χ0) is 13.0. The number of methoxy groups -OCH3 is 1. The van der Waals surface area contributed by atoms with Gasteiger partial charge in [0.25, 0.3) is 0 Å². The third-order valence-electron chi connectivity index (χ3n) is 2.83. The van der Waals surface area contributed by atoms with E-state index < -0.39 is 0 Å². The van der Waals surface area contributed by atoms with Crippen molar-refractivity contribution in [1.29, 1.82) is 0 Å². The van der Waals surface area contributed by atoms with Crippen molar-refractivity contribution in [3.63, 3.8) is 0 Å². The quantitative estimate of drug-likeness (QED) is 0.905. The number of halogens is 1. The fourth-order valence-electron chi connectivity index (χ4n) is 1.77. The first-order valence-corrected chi connectivity index (χ1v) is 6.61. The molecule has 0 bridgehead atoms. The summed E-state index contributed by atoms with van der Waals surface area (Å²) in [6.45, 7) is 2.91. The molecule has 1 N–H and O–H groups in total. The largest absolute Gasteiger partial charge is 0.497 e. The maximum absolute atomic E-state index is 5.14. The van der Waals surface area contributed by atoms with Crippen molar-refractivity contribution in [2.24, 2.45) is 0 Å². The van der Waals surface area contributed by atoms with E-state index in [0.717, 1.165) is 22.5 Å². The molecule has 0 radical (unpaired) electrons. The molecule has 0 fully saturated rings. The van der Waals surface area contributed by atoms with Crippen molar-refractivity contribution in [2.75, 3.05) is 12.4 Å². The van der Waals surface area contributed by atoms with Gasteiger partial charge in [-0.15, -0.1) is 0 Å². The molecule has 0 aromatic heterocycles. The predicted octanol–water partition coefficient (Wildman–Crippen LogP) is 4.38. The Labute approximate surface area is 116 Å². The summed E-state index contributed by atoms with van der Waals surface area (Å²) in [5.41, 5.74) is 3.63. The summed E-state index contributed by atoms with van der Waals surface area (Å²) in [7, 11) is 1.68. The number of aryl methyl sites for hydroxylation is 1. The number of rotatable bonds is 4. The minimum absolute atomic E-state index is 0.812. The first-order chi connectivity index (χ1) is 8.69. The molecular weight excluding hydrogens is 290 g/mol. The predicted molar refractivity (Wildman–Crippen MR) is 79.2 cm³/mol. The van der Waals surface area contributed by atoms with E-state index >= 15 is 0 Å². The van der Waals surface area contributed by atoms with Gasteiger partial charge >= 0.3 is 0 Å². The van der Waals surface area contributed by atoms with E-state index in [2.05, 4.69) is 52.4 Å². The highest BCUT2D eigenvalue weighted by Crippen LogP contribution is 2.21. The molecule has 0 unspecified atom stereocenters. The highest BCUT2D eigenvalue weighted by atomic mass is 79.9. The molecule has 0 heterocycles. The van der Waals surface area contributed by atoms with Crippen LogP contribution in [0.25, 0.3) is 0 Å². The molecule has 0 aliphatic heterocycles. The van der Waals surface area contributed by atoms with E-state index in [4.69, 9.17) is 4.74 Å². The first-order valence-electron chi connectivity index (χ1n) is 5.82. The molecule has 0 amide bonds. The highest BCUT2D eigenvalue weighted by Gasteiger charge is 1.99. The van der Waals surface area contributed by atoms with E-state index in [9.17, 15) is 0 Å². The SMILES string of the molecule is COc1ccc(CNc2ccc(Br)cc2C)cc1. The fraction of sp³-hybridized carbons (Fsp3) is 0.200. The third-order valence-corrected chi connectivity index (χ3v) is 3.32. The maximum Gasteiger partial charge on any atom is 0.118 e. The van der Waals surface area contributed by atoms with Crippen LogP contribution in [0.5, 0.6) is 5.75 Å². The van der Waals surface area contributed by atoms with Gasteiger partial charge in [-0.25, -0.2) is 0 Å². The van der Waals surface area contributed by atoms with Crippen LogP contribution in [0.15, 0.2) is 46.9 Å². The van der Waals surface area contributed by atoms with Crippen molar-refractivity contribution < 1.29 is 4.74 Å². The number of hydrogen-bond donors (Lipinski definition) is 1. The molecule has 0 saturated carbocycles. The van der Waals surface area contributed by atoms with Crippen LogP contribution in [-0.2, 0) is 6.54 Å². The zero-order valence-electron chi connectivity index (χ0n) is 10.5. The van der Waals surface area contributed by atoms with Gasteiger partial charge in [-0.05, 0) is 48.4 Å². The standard InChI is InChI=1S/C15H16BrNO/c1-11-9-13(16)5-8-15(11)17-10-12-3-6-14(18-2)7-4-12/h3-9,17H,10H2,1-2H3. The molecule has 2 aromatic rings.